The number of halogens is 1. The molecular formula is C29H27FN4OS. The zero-order valence-electron chi connectivity index (χ0n) is 20.7. The lowest BCUT2D eigenvalue weighted by Crippen LogP contribution is -2.46. The van der Waals surface area contributed by atoms with Gasteiger partial charge in [0.25, 0.3) is 5.89 Å². The molecule has 0 fully saturated rings. The van der Waals surface area contributed by atoms with E-state index in [1.54, 1.807) is 12.1 Å². The van der Waals surface area contributed by atoms with Crippen LogP contribution in [0.2, 0.25) is 0 Å². The Balaban J connectivity index is 1.65. The van der Waals surface area contributed by atoms with Gasteiger partial charge in [-0.1, -0.05) is 54.5 Å². The van der Waals surface area contributed by atoms with Gasteiger partial charge in [-0.05, 0) is 85.9 Å². The molecule has 36 heavy (non-hydrogen) atoms. The quantitative estimate of drug-likeness (QED) is 0.301. The van der Waals surface area contributed by atoms with Gasteiger partial charge in [-0.3, -0.25) is 4.90 Å². The highest BCUT2D eigenvalue weighted by Crippen LogP contribution is 2.39. The summed E-state index contributed by atoms with van der Waals surface area (Å²) in [5.74, 6) is 0.337. The Labute approximate surface area is 215 Å². The highest BCUT2D eigenvalue weighted by Gasteiger charge is 2.35. The van der Waals surface area contributed by atoms with Gasteiger partial charge < -0.3 is 9.84 Å². The molecule has 5 nitrogen and oxygen atoms in total. The Hall–Kier alpha value is -3.84. The Bertz CT molecular complexity index is 1470. The Morgan fingerprint density at radius 3 is 2.47 bits per heavy atom. The second-order valence-electron chi connectivity index (χ2n) is 9.01. The summed E-state index contributed by atoms with van der Waals surface area (Å²) < 4.78 is 19.6. The summed E-state index contributed by atoms with van der Waals surface area (Å²) in [5.41, 5.74) is 7.90. The number of benzene rings is 3. The lowest BCUT2D eigenvalue weighted by Gasteiger charge is -2.37. The maximum Gasteiger partial charge on any atom is 0.258 e. The van der Waals surface area contributed by atoms with Crippen LogP contribution >= 0.6 is 12.2 Å². The molecule has 0 spiro atoms. The first kappa shape index (κ1) is 23.9. The molecule has 0 bridgehead atoms. The first-order chi connectivity index (χ1) is 17.4. The van der Waals surface area contributed by atoms with E-state index in [-0.39, 0.29) is 11.9 Å². The molecule has 7 heteroatoms. The van der Waals surface area contributed by atoms with Gasteiger partial charge in [0, 0.05) is 16.9 Å². The van der Waals surface area contributed by atoms with Crippen molar-refractivity contribution < 1.29 is 8.91 Å². The topological polar surface area (TPSA) is 54.2 Å². The van der Waals surface area contributed by atoms with Crippen molar-refractivity contribution in [3.05, 3.63) is 106 Å². The highest BCUT2D eigenvalue weighted by molar-refractivity contribution is 7.80. The summed E-state index contributed by atoms with van der Waals surface area (Å²) in [5, 5.41) is 8.27. The van der Waals surface area contributed by atoms with Crippen molar-refractivity contribution in [3.63, 3.8) is 0 Å². The van der Waals surface area contributed by atoms with Crippen molar-refractivity contribution in [1.29, 1.82) is 0 Å². The second-order valence-corrected chi connectivity index (χ2v) is 9.40. The van der Waals surface area contributed by atoms with Crippen molar-refractivity contribution in [3.8, 4) is 11.4 Å². The number of thiocarbonyl (C=S) groups is 1. The minimum atomic E-state index is -0.353. The molecule has 1 aliphatic rings. The maximum atomic E-state index is 13.8. The SMILES string of the molecule is CCc1ccc(N2C(=S)NC(c3ccc(C)c(C)c3)C(c3nc(-c4cccc(F)c4)no3)=C2C)cc1. The van der Waals surface area contributed by atoms with Crippen LogP contribution in [0.15, 0.2) is 77.0 Å². The third-order valence-corrected chi connectivity index (χ3v) is 6.99. The number of nitrogens with zero attached hydrogens (tertiary/aromatic N) is 3. The Kier molecular flexibility index (Phi) is 6.41. The predicted octanol–water partition coefficient (Wildman–Crippen LogP) is 6.92. The van der Waals surface area contributed by atoms with Crippen molar-refractivity contribution in [2.75, 3.05) is 4.90 Å². The number of rotatable bonds is 5. The molecule has 1 atom stereocenters. The molecule has 4 aromatic rings. The van der Waals surface area contributed by atoms with E-state index in [9.17, 15) is 4.39 Å². The molecule has 2 heterocycles. The van der Waals surface area contributed by atoms with E-state index >= 15 is 0 Å². The van der Waals surface area contributed by atoms with Gasteiger partial charge in [-0.15, -0.1) is 0 Å². The molecule has 5 rings (SSSR count). The fourth-order valence-corrected chi connectivity index (χ4v) is 4.84. The highest BCUT2D eigenvalue weighted by atomic mass is 32.1. The Morgan fingerprint density at radius 2 is 1.78 bits per heavy atom. The molecule has 1 unspecified atom stereocenters. The number of anilines is 1. The molecule has 1 aromatic heterocycles. The number of aryl methyl sites for hydroxylation is 3. The van der Waals surface area contributed by atoms with Gasteiger partial charge in [0.05, 0.1) is 11.6 Å². The Morgan fingerprint density at radius 1 is 1.00 bits per heavy atom. The van der Waals surface area contributed by atoms with Crippen LogP contribution in [-0.4, -0.2) is 15.3 Å². The third kappa shape index (κ3) is 4.42. The largest absolute Gasteiger partial charge is 0.351 e. The summed E-state index contributed by atoms with van der Waals surface area (Å²) >= 11 is 5.85. The number of aromatic nitrogens is 2. The van der Waals surface area contributed by atoms with Gasteiger partial charge in [-0.2, -0.15) is 4.98 Å². The van der Waals surface area contributed by atoms with Crippen LogP contribution in [0.1, 0.15) is 48.0 Å². The van der Waals surface area contributed by atoms with Crippen molar-refractivity contribution >= 4 is 28.6 Å². The zero-order chi connectivity index (χ0) is 25.4. The zero-order valence-corrected chi connectivity index (χ0v) is 21.5. The molecule has 0 aliphatic carbocycles. The molecule has 0 radical (unpaired) electrons. The van der Waals surface area contributed by atoms with Crippen molar-refractivity contribution in [1.82, 2.24) is 15.5 Å². The molecule has 0 saturated carbocycles. The van der Waals surface area contributed by atoms with Crippen LogP contribution in [0.25, 0.3) is 17.0 Å². The van der Waals surface area contributed by atoms with E-state index in [2.05, 4.69) is 78.7 Å². The average Bonchev–Trinajstić information content (AvgIpc) is 3.35. The lowest BCUT2D eigenvalue weighted by atomic mass is 9.92. The van der Waals surface area contributed by atoms with E-state index in [1.807, 2.05) is 11.8 Å². The van der Waals surface area contributed by atoms with Gasteiger partial charge >= 0.3 is 0 Å². The summed E-state index contributed by atoms with van der Waals surface area (Å²) in [6.45, 7) is 8.32. The molecular weight excluding hydrogens is 471 g/mol. The second kappa shape index (κ2) is 9.66. The molecule has 0 saturated heterocycles. The lowest BCUT2D eigenvalue weighted by molar-refractivity contribution is 0.404. The van der Waals surface area contributed by atoms with E-state index in [4.69, 9.17) is 16.7 Å². The maximum absolute atomic E-state index is 13.8. The van der Waals surface area contributed by atoms with Gasteiger partial charge in [0.1, 0.15) is 5.82 Å². The smallest absolute Gasteiger partial charge is 0.258 e. The van der Waals surface area contributed by atoms with Crippen LogP contribution in [0.3, 0.4) is 0 Å². The summed E-state index contributed by atoms with van der Waals surface area (Å²) in [7, 11) is 0. The van der Waals surface area contributed by atoms with Gasteiger partial charge in [0.2, 0.25) is 5.82 Å². The van der Waals surface area contributed by atoms with E-state index < -0.39 is 0 Å². The van der Waals surface area contributed by atoms with Crippen LogP contribution < -0.4 is 10.2 Å². The monoisotopic (exact) mass is 498 g/mol. The van der Waals surface area contributed by atoms with Crippen molar-refractivity contribution in [2.45, 2.75) is 40.2 Å². The molecule has 1 N–H and O–H groups in total. The fourth-order valence-electron chi connectivity index (χ4n) is 4.48. The van der Waals surface area contributed by atoms with Crippen molar-refractivity contribution in [2.24, 2.45) is 0 Å². The summed E-state index contributed by atoms with van der Waals surface area (Å²) in [6.07, 6.45) is 0.961. The number of nitrogens with one attached hydrogen (secondary N) is 1. The standard InChI is InChI=1S/C29H27FN4OS/c1-5-20-10-13-24(14-11-20)34-19(4)25(26(31-29(34)36)21-12-9-17(2)18(3)15-21)28-32-27(33-35-28)22-7-6-8-23(30)16-22/h6-16,26H,5H2,1-4H3,(H,31,36). The van der Waals surface area contributed by atoms with E-state index in [0.29, 0.717) is 22.4 Å². The minimum absolute atomic E-state index is 0.288. The number of hydrogen-bond acceptors (Lipinski definition) is 4. The van der Waals surface area contributed by atoms with Crippen LogP contribution in [-0.2, 0) is 6.42 Å². The third-order valence-electron chi connectivity index (χ3n) is 6.69. The number of allylic oxidation sites excluding steroid dienone is 1. The molecule has 3 aromatic carbocycles. The molecule has 182 valence electrons. The van der Waals surface area contributed by atoms with Crippen LogP contribution in [0.4, 0.5) is 10.1 Å². The first-order valence-electron chi connectivity index (χ1n) is 11.9. The average molecular weight is 499 g/mol. The fraction of sp³-hybridized carbons (Fsp3) is 0.207. The first-order valence-corrected chi connectivity index (χ1v) is 12.3. The van der Waals surface area contributed by atoms with Crippen LogP contribution in [0.5, 0.6) is 0 Å². The number of hydrogen-bond donors (Lipinski definition) is 1. The molecule has 0 amide bonds. The summed E-state index contributed by atoms with van der Waals surface area (Å²) in [6, 6.07) is 20.6. The van der Waals surface area contributed by atoms with Gasteiger partial charge in [0.15, 0.2) is 5.11 Å². The summed E-state index contributed by atoms with van der Waals surface area (Å²) in [4.78, 5) is 6.67. The minimum Gasteiger partial charge on any atom is -0.351 e. The van der Waals surface area contributed by atoms with Crippen LogP contribution in [0, 0.1) is 19.7 Å². The predicted molar refractivity (Wildman–Crippen MR) is 145 cm³/mol. The normalized spacial score (nSPS) is 15.9. The van der Waals surface area contributed by atoms with E-state index in [0.717, 1.165) is 28.9 Å². The van der Waals surface area contributed by atoms with E-state index in [1.165, 1.54) is 28.8 Å². The molecule has 1 aliphatic heterocycles. The van der Waals surface area contributed by atoms with Gasteiger partial charge in [-0.25, -0.2) is 4.39 Å².